The molecular formula is C14H15BrN2OS2. The number of carbonyl (C=O) groups excluding carboxylic acids is 1. The topological polar surface area (TPSA) is 46.3 Å². The van der Waals surface area contributed by atoms with Gasteiger partial charge in [-0.25, -0.2) is 0 Å². The number of anilines is 1. The number of benzene rings is 1. The van der Waals surface area contributed by atoms with Gasteiger partial charge in [-0.1, -0.05) is 22.0 Å². The predicted molar refractivity (Wildman–Crippen MR) is 90.1 cm³/mol. The molecule has 1 heterocycles. The molecule has 0 unspecified atom stereocenters. The molecule has 0 saturated heterocycles. The number of hydrogen-bond acceptors (Lipinski definition) is 4. The zero-order chi connectivity index (χ0) is 14.5. The summed E-state index contributed by atoms with van der Waals surface area (Å²) >= 11 is 6.54. The molecule has 1 aromatic carbocycles. The van der Waals surface area contributed by atoms with E-state index in [1.54, 1.807) is 16.2 Å². The van der Waals surface area contributed by atoms with Crippen molar-refractivity contribution in [1.29, 1.82) is 0 Å². The Hall–Kier alpha value is -0.980. The van der Waals surface area contributed by atoms with Crippen molar-refractivity contribution in [3.63, 3.8) is 0 Å². The van der Waals surface area contributed by atoms with Gasteiger partial charge in [-0.3, -0.25) is 4.79 Å². The SMILES string of the molecule is CN(Cc1cccs1)C(=O)CSc1cc(Br)ccc1N. The first kappa shape index (κ1) is 15.4. The zero-order valence-corrected chi connectivity index (χ0v) is 14.2. The molecule has 1 aromatic heterocycles. The number of halogens is 1. The van der Waals surface area contributed by atoms with Gasteiger partial charge in [0.1, 0.15) is 0 Å². The minimum absolute atomic E-state index is 0.0998. The van der Waals surface area contributed by atoms with E-state index in [9.17, 15) is 4.79 Å². The van der Waals surface area contributed by atoms with Gasteiger partial charge >= 0.3 is 0 Å². The third-order valence-electron chi connectivity index (χ3n) is 2.73. The quantitative estimate of drug-likeness (QED) is 0.642. The van der Waals surface area contributed by atoms with Crippen molar-refractivity contribution >= 4 is 50.6 Å². The molecule has 1 amide bonds. The molecule has 106 valence electrons. The second kappa shape index (κ2) is 7.15. The number of nitrogens with two attached hydrogens (primary N) is 1. The summed E-state index contributed by atoms with van der Waals surface area (Å²) < 4.78 is 0.966. The molecule has 3 nitrogen and oxygen atoms in total. The number of amides is 1. The molecule has 2 N–H and O–H groups in total. The summed E-state index contributed by atoms with van der Waals surface area (Å²) in [5, 5.41) is 2.02. The third kappa shape index (κ3) is 4.26. The molecule has 20 heavy (non-hydrogen) atoms. The Morgan fingerprint density at radius 3 is 2.95 bits per heavy atom. The van der Waals surface area contributed by atoms with Crippen molar-refractivity contribution in [2.24, 2.45) is 0 Å². The van der Waals surface area contributed by atoms with E-state index in [-0.39, 0.29) is 5.91 Å². The van der Waals surface area contributed by atoms with E-state index in [0.717, 1.165) is 9.37 Å². The van der Waals surface area contributed by atoms with Crippen molar-refractivity contribution in [2.45, 2.75) is 11.4 Å². The first-order chi connectivity index (χ1) is 9.56. The van der Waals surface area contributed by atoms with Crippen molar-refractivity contribution in [3.05, 3.63) is 45.1 Å². The van der Waals surface area contributed by atoms with Crippen LogP contribution in [0, 0.1) is 0 Å². The van der Waals surface area contributed by atoms with Crippen molar-refractivity contribution in [1.82, 2.24) is 4.90 Å². The molecule has 0 radical (unpaired) electrons. The van der Waals surface area contributed by atoms with Crippen LogP contribution in [0.1, 0.15) is 4.88 Å². The average Bonchev–Trinajstić information content (AvgIpc) is 2.92. The van der Waals surface area contributed by atoms with E-state index < -0.39 is 0 Å². The second-order valence-corrected chi connectivity index (χ2v) is 7.27. The van der Waals surface area contributed by atoms with Gasteiger partial charge in [0.15, 0.2) is 0 Å². The Morgan fingerprint density at radius 1 is 1.45 bits per heavy atom. The zero-order valence-electron chi connectivity index (χ0n) is 11.0. The lowest BCUT2D eigenvalue weighted by Gasteiger charge is -2.16. The van der Waals surface area contributed by atoms with Crippen LogP contribution in [0.5, 0.6) is 0 Å². The summed E-state index contributed by atoms with van der Waals surface area (Å²) in [5.74, 6) is 0.491. The number of nitrogens with zero attached hydrogens (tertiary/aromatic N) is 1. The molecule has 0 atom stereocenters. The Morgan fingerprint density at radius 2 is 2.25 bits per heavy atom. The number of nitrogen functional groups attached to an aromatic ring is 1. The molecule has 2 rings (SSSR count). The largest absolute Gasteiger partial charge is 0.398 e. The lowest BCUT2D eigenvalue weighted by molar-refractivity contribution is -0.127. The highest BCUT2D eigenvalue weighted by Gasteiger charge is 2.11. The fourth-order valence-corrected chi connectivity index (χ4v) is 3.82. The fraction of sp³-hybridized carbons (Fsp3) is 0.214. The monoisotopic (exact) mass is 370 g/mol. The van der Waals surface area contributed by atoms with E-state index in [1.807, 2.05) is 42.8 Å². The molecule has 0 aliphatic rings. The molecule has 2 aromatic rings. The Kier molecular flexibility index (Phi) is 5.51. The van der Waals surface area contributed by atoms with Crippen LogP contribution in [0.2, 0.25) is 0 Å². The lowest BCUT2D eigenvalue weighted by atomic mass is 10.3. The molecule has 0 aliphatic carbocycles. The minimum Gasteiger partial charge on any atom is -0.398 e. The predicted octanol–water partition coefficient (Wildman–Crippen LogP) is 3.84. The molecule has 6 heteroatoms. The van der Waals surface area contributed by atoms with E-state index in [2.05, 4.69) is 15.9 Å². The van der Waals surface area contributed by atoms with Crippen molar-refractivity contribution in [3.8, 4) is 0 Å². The normalized spacial score (nSPS) is 10.5. The van der Waals surface area contributed by atoms with Crippen LogP contribution in [0.15, 0.2) is 45.1 Å². The van der Waals surface area contributed by atoms with Gasteiger partial charge in [0.2, 0.25) is 5.91 Å². The second-order valence-electron chi connectivity index (χ2n) is 4.30. The lowest BCUT2D eigenvalue weighted by Crippen LogP contribution is -2.27. The van der Waals surface area contributed by atoms with Gasteiger partial charge in [-0.2, -0.15) is 0 Å². The van der Waals surface area contributed by atoms with Crippen LogP contribution in [-0.2, 0) is 11.3 Å². The van der Waals surface area contributed by atoms with Crippen LogP contribution in [0.3, 0.4) is 0 Å². The van der Waals surface area contributed by atoms with Gasteiger partial charge < -0.3 is 10.6 Å². The summed E-state index contributed by atoms with van der Waals surface area (Å²) in [6.07, 6.45) is 0. The highest BCUT2D eigenvalue weighted by molar-refractivity contribution is 9.10. The number of rotatable bonds is 5. The van der Waals surface area contributed by atoms with Gasteiger partial charge in [0.25, 0.3) is 0 Å². The third-order valence-corrected chi connectivity index (χ3v) is 5.14. The van der Waals surface area contributed by atoms with Crippen LogP contribution in [-0.4, -0.2) is 23.6 Å². The van der Waals surface area contributed by atoms with E-state index >= 15 is 0 Å². The molecule has 0 aliphatic heterocycles. The Bertz CT molecular complexity index is 587. The van der Waals surface area contributed by atoms with E-state index in [4.69, 9.17) is 5.73 Å². The molecule has 0 saturated carbocycles. The van der Waals surface area contributed by atoms with Gasteiger partial charge in [0, 0.05) is 27.0 Å². The summed E-state index contributed by atoms with van der Waals surface area (Å²) in [5.41, 5.74) is 6.60. The minimum atomic E-state index is 0.0998. The van der Waals surface area contributed by atoms with Crippen molar-refractivity contribution in [2.75, 3.05) is 18.5 Å². The molecule has 0 bridgehead atoms. The van der Waals surface area contributed by atoms with Gasteiger partial charge in [-0.15, -0.1) is 23.1 Å². The highest BCUT2D eigenvalue weighted by Crippen LogP contribution is 2.28. The first-order valence-corrected chi connectivity index (χ1v) is 8.66. The number of hydrogen-bond donors (Lipinski definition) is 1. The van der Waals surface area contributed by atoms with E-state index in [1.165, 1.54) is 16.6 Å². The summed E-state index contributed by atoms with van der Waals surface area (Å²) in [6.45, 7) is 0.658. The van der Waals surface area contributed by atoms with Gasteiger partial charge in [0.05, 0.1) is 12.3 Å². The first-order valence-electron chi connectivity index (χ1n) is 6.00. The fourth-order valence-electron chi connectivity index (χ4n) is 1.61. The van der Waals surface area contributed by atoms with Crippen LogP contribution in [0.4, 0.5) is 5.69 Å². The summed E-state index contributed by atoms with van der Waals surface area (Å²) in [7, 11) is 1.83. The Balaban J connectivity index is 1.89. The maximum atomic E-state index is 12.1. The number of carbonyl (C=O) groups is 1. The molecule has 0 fully saturated rings. The van der Waals surface area contributed by atoms with Crippen LogP contribution in [0.25, 0.3) is 0 Å². The smallest absolute Gasteiger partial charge is 0.233 e. The van der Waals surface area contributed by atoms with Gasteiger partial charge in [-0.05, 0) is 29.6 Å². The highest BCUT2D eigenvalue weighted by atomic mass is 79.9. The standard InChI is InChI=1S/C14H15BrN2OS2/c1-17(8-11-3-2-6-19-11)14(18)9-20-13-7-10(15)4-5-12(13)16/h2-7H,8-9,16H2,1H3. The number of thioether (sulfide) groups is 1. The Labute approximate surface area is 135 Å². The van der Waals surface area contributed by atoms with Crippen LogP contribution >= 0.6 is 39.0 Å². The van der Waals surface area contributed by atoms with E-state index in [0.29, 0.717) is 18.0 Å². The maximum absolute atomic E-state index is 12.1. The molecular weight excluding hydrogens is 356 g/mol. The average molecular weight is 371 g/mol. The summed E-state index contributed by atoms with van der Waals surface area (Å²) in [6, 6.07) is 9.70. The summed E-state index contributed by atoms with van der Waals surface area (Å²) in [4.78, 5) is 16.0. The number of thiophene rings is 1. The van der Waals surface area contributed by atoms with Crippen molar-refractivity contribution < 1.29 is 4.79 Å². The molecule has 0 spiro atoms. The maximum Gasteiger partial charge on any atom is 0.233 e. The van der Waals surface area contributed by atoms with Crippen LogP contribution < -0.4 is 5.73 Å².